The molecular formula is C14H18FN3S. The van der Waals surface area contributed by atoms with Crippen molar-refractivity contribution in [2.24, 2.45) is 0 Å². The van der Waals surface area contributed by atoms with E-state index in [0.29, 0.717) is 22.8 Å². The number of para-hydroxylation sites is 1. The molecule has 0 amide bonds. The van der Waals surface area contributed by atoms with Crippen molar-refractivity contribution >= 4 is 28.7 Å². The van der Waals surface area contributed by atoms with E-state index in [1.54, 1.807) is 6.07 Å². The van der Waals surface area contributed by atoms with E-state index in [-0.39, 0.29) is 5.82 Å². The Morgan fingerprint density at radius 1 is 1.47 bits per heavy atom. The van der Waals surface area contributed by atoms with E-state index in [2.05, 4.69) is 11.9 Å². The molecule has 1 aromatic heterocycles. The van der Waals surface area contributed by atoms with Crippen LogP contribution in [-0.2, 0) is 0 Å². The van der Waals surface area contributed by atoms with Crippen molar-refractivity contribution in [1.82, 2.24) is 9.55 Å². The number of imidazole rings is 1. The predicted molar refractivity (Wildman–Crippen MR) is 78.9 cm³/mol. The van der Waals surface area contributed by atoms with Gasteiger partial charge in [-0.05, 0) is 37.1 Å². The van der Waals surface area contributed by atoms with E-state index in [9.17, 15) is 4.39 Å². The molecule has 19 heavy (non-hydrogen) atoms. The minimum atomic E-state index is -0.291. The molecule has 2 N–H and O–H groups in total. The van der Waals surface area contributed by atoms with Crippen LogP contribution in [0.1, 0.15) is 32.2 Å². The third kappa shape index (κ3) is 2.20. The highest BCUT2D eigenvalue weighted by Gasteiger charge is 2.28. The molecule has 0 aliphatic heterocycles. The molecule has 3 rings (SSSR count). The lowest BCUT2D eigenvalue weighted by molar-refractivity contribution is 0.540. The lowest BCUT2D eigenvalue weighted by Crippen LogP contribution is -2.09. The fourth-order valence-electron chi connectivity index (χ4n) is 3.02. The van der Waals surface area contributed by atoms with Gasteiger partial charge in [0.05, 0.1) is 5.52 Å². The van der Waals surface area contributed by atoms with Crippen LogP contribution in [0.25, 0.3) is 11.0 Å². The maximum absolute atomic E-state index is 13.7. The van der Waals surface area contributed by atoms with Gasteiger partial charge in [-0.25, -0.2) is 9.37 Å². The molecule has 1 saturated carbocycles. The molecule has 3 nitrogen and oxygen atoms in total. The minimum Gasteiger partial charge on any atom is -0.369 e. The summed E-state index contributed by atoms with van der Waals surface area (Å²) in [7, 11) is 0. The highest BCUT2D eigenvalue weighted by molar-refractivity contribution is 7.99. The number of thioether (sulfide) groups is 1. The summed E-state index contributed by atoms with van der Waals surface area (Å²) in [6.07, 6.45) is 3.41. The van der Waals surface area contributed by atoms with E-state index >= 15 is 0 Å². The van der Waals surface area contributed by atoms with Gasteiger partial charge >= 0.3 is 0 Å². The largest absolute Gasteiger partial charge is 0.369 e. The average Bonchev–Trinajstić information content (AvgIpc) is 2.94. The summed E-state index contributed by atoms with van der Waals surface area (Å²) in [6.45, 7) is 2.19. The first-order valence-electron chi connectivity index (χ1n) is 6.74. The van der Waals surface area contributed by atoms with Crippen LogP contribution in [0.15, 0.2) is 18.2 Å². The Balaban J connectivity index is 1.97. The van der Waals surface area contributed by atoms with Gasteiger partial charge in [0, 0.05) is 11.3 Å². The van der Waals surface area contributed by atoms with Gasteiger partial charge < -0.3 is 10.3 Å². The Morgan fingerprint density at radius 2 is 2.32 bits per heavy atom. The maximum Gasteiger partial charge on any atom is 0.201 e. The van der Waals surface area contributed by atoms with Gasteiger partial charge in [0.2, 0.25) is 5.95 Å². The molecule has 2 unspecified atom stereocenters. The SMILES string of the molecule is CCSC1CCC(n2c(N)nc3c(F)cccc32)C1. The molecule has 0 bridgehead atoms. The summed E-state index contributed by atoms with van der Waals surface area (Å²) in [5, 5.41) is 0.695. The maximum atomic E-state index is 13.7. The quantitative estimate of drug-likeness (QED) is 0.933. The van der Waals surface area contributed by atoms with Crippen LogP contribution < -0.4 is 5.73 Å². The van der Waals surface area contributed by atoms with Crippen LogP contribution in [-0.4, -0.2) is 20.6 Å². The van der Waals surface area contributed by atoms with Gasteiger partial charge in [-0.3, -0.25) is 0 Å². The Kier molecular flexibility index (Phi) is 3.39. The second kappa shape index (κ2) is 5.04. The Bertz CT molecular complexity index is 596. The Morgan fingerprint density at radius 3 is 3.11 bits per heavy atom. The van der Waals surface area contributed by atoms with E-state index < -0.39 is 0 Å². The summed E-state index contributed by atoms with van der Waals surface area (Å²) in [5.74, 6) is 1.29. The van der Waals surface area contributed by atoms with E-state index in [1.807, 2.05) is 22.4 Å². The molecule has 102 valence electrons. The topological polar surface area (TPSA) is 43.8 Å². The normalized spacial score (nSPS) is 23.3. The summed E-state index contributed by atoms with van der Waals surface area (Å²) in [6, 6.07) is 5.42. The second-order valence-corrected chi connectivity index (χ2v) is 6.57. The molecule has 2 aromatic rings. The Hall–Kier alpha value is -1.23. The summed E-state index contributed by atoms with van der Waals surface area (Å²) < 4.78 is 15.8. The summed E-state index contributed by atoms with van der Waals surface area (Å²) in [5.41, 5.74) is 7.22. The van der Waals surface area contributed by atoms with Crippen LogP contribution in [0.2, 0.25) is 0 Å². The van der Waals surface area contributed by atoms with Crippen LogP contribution in [0.3, 0.4) is 0 Å². The zero-order valence-electron chi connectivity index (χ0n) is 11.0. The average molecular weight is 279 g/mol. The zero-order valence-corrected chi connectivity index (χ0v) is 11.8. The number of hydrogen-bond acceptors (Lipinski definition) is 3. The van der Waals surface area contributed by atoms with Crippen molar-refractivity contribution in [1.29, 1.82) is 0 Å². The number of anilines is 1. The number of halogens is 1. The van der Waals surface area contributed by atoms with Gasteiger partial charge in [-0.2, -0.15) is 11.8 Å². The number of nitrogen functional groups attached to an aromatic ring is 1. The number of benzene rings is 1. The molecule has 1 fully saturated rings. The van der Waals surface area contributed by atoms with Crippen molar-refractivity contribution in [3.05, 3.63) is 24.0 Å². The molecule has 0 radical (unpaired) electrons. The number of aromatic nitrogens is 2. The first-order chi connectivity index (χ1) is 9.20. The molecular weight excluding hydrogens is 261 g/mol. The Labute approximate surface area is 116 Å². The molecule has 1 heterocycles. The van der Waals surface area contributed by atoms with Crippen LogP contribution in [0.5, 0.6) is 0 Å². The fourth-order valence-corrected chi connectivity index (χ4v) is 4.16. The molecule has 1 aliphatic carbocycles. The number of fused-ring (bicyclic) bond motifs is 1. The van der Waals surface area contributed by atoms with Gasteiger partial charge in [-0.15, -0.1) is 0 Å². The standard InChI is InChI=1S/C14H18FN3S/c1-2-19-10-7-6-9(8-10)18-12-5-3-4-11(15)13(12)17-14(18)16/h3-5,9-10H,2,6-8H2,1H3,(H2,16,17). The summed E-state index contributed by atoms with van der Waals surface area (Å²) >= 11 is 2.01. The van der Waals surface area contributed by atoms with Crippen LogP contribution >= 0.6 is 11.8 Å². The van der Waals surface area contributed by atoms with E-state index in [0.717, 1.165) is 24.1 Å². The minimum absolute atomic E-state index is 0.291. The highest BCUT2D eigenvalue weighted by Crippen LogP contribution is 2.39. The molecule has 5 heteroatoms. The lowest BCUT2D eigenvalue weighted by Gasteiger charge is -2.15. The zero-order chi connectivity index (χ0) is 13.4. The first-order valence-corrected chi connectivity index (χ1v) is 7.79. The lowest BCUT2D eigenvalue weighted by atomic mass is 10.2. The van der Waals surface area contributed by atoms with E-state index in [4.69, 9.17) is 5.73 Å². The molecule has 0 saturated heterocycles. The van der Waals surface area contributed by atoms with E-state index in [1.165, 1.54) is 12.5 Å². The number of nitrogens with two attached hydrogens (primary N) is 1. The monoisotopic (exact) mass is 279 g/mol. The molecule has 1 aromatic carbocycles. The van der Waals surface area contributed by atoms with Crippen molar-refractivity contribution in [2.45, 2.75) is 37.5 Å². The van der Waals surface area contributed by atoms with Gasteiger partial charge in [0.25, 0.3) is 0 Å². The molecule has 1 aliphatic rings. The van der Waals surface area contributed by atoms with Gasteiger partial charge in [0.1, 0.15) is 5.52 Å². The highest BCUT2D eigenvalue weighted by atomic mass is 32.2. The number of rotatable bonds is 3. The molecule has 2 atom stereocenters. The van der Waals surface area contributed by atoms with Crippen molar-refractivity contribution < 1.29 is 4.39 Å². The van der Waals surface area contributed by atoms with Crippen LogP contribution in [0.4, 0.5) is 10.3 Å². The third-order valence-corrected chi connectivity index (χ3v) is 5.06. The number of hydrogen-bond donors (Lipinski definition) is 1. The fraction of sp³-hybridized carbons (Fsp3) is 0.500. The third-order valence-electron chi connectivity index (χ3n) is 3.82. The predicted octanol–water partition coefficient (Wildman–Crippen LogP) is 3.60. The first kappa shape index (κ1) is 12.8. The summed E-state index contributed by atoms with van der Waals surface area (Å²) in [4.78, 5) is 4.19. The second-order valence-electron chi connectivity index (χ2n) is 4.99. The molecule has 0 spiro atoms. The van der Waals surface area contributed by atoms with Crippen molar-refractivity contribution in [3.8, 4) is 0 Å². The number of nitrogens with zero attached hydrogens (tertiary/aromatic N) is 2. The van der Waals surface area contributed by atoms with Crippen molar-refractivity contribution in [2.75, 3.05) is 11.5 Å². The van der Waals surface area contributed by atoms with Gasteiger partial charge in [0.15, 0.2) is 5.82 Å². The van der Waals surface area contributed by atoms with Crippen LogP contribution in [0, 0.1) is 5.82 Å². The van der Waals surface area contributed by atoms with Crippen molar-refractivity contribution in [3.63, 3.8) is 0 Å². The smallest absolute Gasteiger partial charge is 0.201 e. The van der Waals surface area contributed by atoms with Gasteiger partial charge in [-0.1, -0.05) is 13.0 Å².